The zero-order valence-corrected chi connectivity index (χ0v) is 10.6. The van der Waals surface area contributed by atoms with Crippen LogP contribution in [0.25, 0.3) is 0 Å². The number of nitrogens with zero attached hydrogens (tertiary/aromatic N) is 1. The maximum absolute atomic E-state index is 9.10. The van der Waals surface area contributed by atoms with Crippen LogP contribution in [0.4, 0.5) is 0 Å². The van der Waals surface area contributed by atoms with Gasteiger partial charge in [-0.05, 0) is 24.5 Å². The van der Waals surface area contributed by atoms with Gasteiger partial charge in [0.15, 0.2) is 0 Å². The molecular weight excluding hydrogens is 232 g/mol. The van der Waals surface area contributed by atoms with Gasteiger partial charge in [-0.25, -0.2) is 0 Å². The standard InChI is InChI=1S/C14H17ClN2/c15-13-7-3-1-6-12(13)10-17-14-8-4-2-5-11(14)9-16/h1,3,6-7,11,14,17H,2,4-5,8,10H2. The molecule has 3 heteroatoms. The van der Waals surface area contributed by atoms with Crippen LogP contribution in [0.15, 0.2) is 24.3 Å². The Kier molecular flexibility index (Phi) is 4.42. The Morgan fingerprint density at radius 2 is 2.06 bits per heavy atom. The van der Waals surface area contributed by atoms with E-state index >= 15 is 0 Å². The molecule has 2 atom stereocenters. The molecule has 0 radical (unpaired) electrons. The first kappa shape index (κ1) is 12.4. The van der Waals surface area contributed by atoms with Crippen molar-refractivity contribution in [2.75, 3.05) is 0 Å². The molecule has 1 aromatic carbocycles. The molecule has 2 unspecified atom stereocenters. The minimum atomic E-state index is 0.159. The zero-order chi connectivity index (χ0) is 12.1. The van der Waals surface area contributed by atoms with Crippen molar-refractivity contribution in [1.82, 2.24) is 5.32 Å². The largest absolute Gasteiger partial charge is 0.309 e. The second kappa shape index (κ2) is 6.05. The summed E-state index contributed by atoms with van der Waals surface area (Å²) in [4.78, 5) is 0. The summed E-state index contributed by atoms with van der Waals surface area (Å²) in [5.41, 5.74) is 1.11. The molecule has 17 heavy (non-hydrogen) atoms. The van der Waals surface area contributed by atoms with Crippen LogP contribution >= 0.6 is 11.6 Å². The lowest BCUT2D eigenvalue weighted by Gasteiger charge is -2.27. The van der Waals surface area contributed by atoms with Gasteiger partial charge in [-0.3, -0.25) is 0 Å². The third-order valence-electron chi connectivity index (χ3n) is 3.44. The van der Waals surface area contributed by atoms with Gasteiger partial charge in [-0.2, -0.15) is 5.26 Å². The fourth-order valence-electron chi connectivity index (χ4n) is 2.41. The van der Waals surface area contributed by atoms with E-state index in [9.17, 15) is 0 Å². The highest BCUT2D eigenvalue weighted by molar-refractivity contribution is 6.31. The van der Waals surface area contributed by atoms with E-state index < -0.39 is 0 Å². The van der Waals surface area contributed by atoms with Crippen LogP contribution < -0.4 is 5.32 Å². The average Bonchev–Trinajstić information content (AvgIpc) is 2.38. The fraction of sp³-hybridized carbons (Fsp3) is 0.500. The Balaban J connectivity index is 1.93. The van der Waals surface area contributed by atoms with Gasteiger partial charge >= 0.3 is 0 Å². The second-order valence-corrected chi connectivity index (χ2v) is 5.01. The van der Waals surface area contributed by atoms with Gasteiger partial charge in [0.2, 0.25) is 0 Å². The van der Waals surface area contributed by atoms with E-state index in [2.05, 4.69) is 11.4 Å². The highest BCUT2D eigenvalue weighted by atomic mass is 35.5. The van der Waals surface area contributed by atoms with Crippen LogP contribution in [0.1, 0.15) is 31.2 Å². The molecule has 2 nitrogen and oxygen atoms in total. The van der Waals surface area contributed by atoms with Crippen molar-refractivity contribution in [2.45, 2.75) is 38.3 Å². The number of hydrogen-bond donors (Lipinski definition) is 1. The van der Waals surface area contributed by atoms with E-state index in [4.69, 9.17) is 16.9 Å². The SMILES string of the molecule is N#CC1CCCCC1NCc1ccccc1Cl. The van der Waals surface area contributed by atoms with Gasteiger partial charge in [0.05, 0.1) is 12.0 Å². The summed E-state index contributed by atoms with van der Waals surface area (Å²) in [5.74, 6) is 0.159. The van der Waals surface area contributed by atoms with E-state index in [-0.39, 0.29) is 5.92 Å². The Bertz CT molecular complexity index is 411. The maximum atomic E-state index is 9.10. The molecule has 1 N–H and O–H groups in total. The summed E-state index contributed by atoms with van der Waals surface area (Å²) in [6.07, 6.45) is 4.53. The summed E-state index contributed by atoms with van der Waals surface area (Å²) in [6, 6.07) is 10.6. The first-order valence-corrected chi connectivity index (χ1v) is 6.55. The molecule has 0 amide bonds. The summed E-state index contributed by atoms with van der Waals surface area (Å²) >= 11 is 6.11. The Morgan fingerprint density at radius 1 is 1.29 bits per heavy atom. The number of rotatable bonds is 3. The van der Waals surface area contributed by atoms with Gasteiger partial charge in [0.1, 0.15) is 0 Å². The minimum Gasteiger partial charge on any atom is -0.309 e. The number of halogens is 1. The Labute approximate surface area is 108 Å². The van der Waals surface area contributed by atoms with Crippen LogP contribution in [-0.4, -0.2) is 6.04 Å². The monoisotopic (exact) mass is 248 g/mol. The summed E-state index contributed by atoms with van der Waals surface area (Å²) < 4.78 is 0. The van der Waals surface area contributed by atoms with E-state index in [0.29, 0.717) is 6.04 Å². The molecular formula is C14H17ClN2. The van der Waals surface area contributed by atoms with Crippen molar-refractivity contribution < 1.29 is 0 Å². The van der Waals surface area contributed by atoms with E-state index in [1.807, 2.05) is 24.3 Å². The molecule has 0 heterocycles. The quantitative estimate of drug-likeness (QED) is 0.889. The van der Waals surface area contributed by atoms with Crippen LogP contribution in [0, 0.1) is 17.2 Å². The van der Waals surface area contributed by atoms with Gasteiger partial charge < -0.3 is 5.32 Å². The zero-order valence-electron chi connectivity index (χ0n) is 9.82. The van der Waals surface area contributed by atoms with E-state index in [1.54, 1.807) is 0 Å². The number of nitriles is 1. The molecule has 1 saturated carbocycles. The summed E-state index contributed by atoms with van der Waals surface area (Å²) in [6.45, 7) is 0.753. The third-order valence-corrected chi connectivity index (χ3v) is 3.81. The maximum Gasteiger partial charge on any atom is 0.0672 e. The van der Waals surface area contributed by atoms with Crippen LogP contribution in [0.3, 0.4) is 0 Å². The predicted octanol–water partition coefficient (Wildman–Crippen LogP) is 3.51. The Hall–Kier alpha value is -1.04. The Morgan fingerprint density at radius 3 is 2.82 bits per heavy atom. The highest BCUT2D eigenvalue weighted by Crippen LogP contribution is 2.24. The summed E-state index contributed by atoms with van der Waals surface area (Å²) in [7, 11) is 0. The van der Waals surface area contributed by atoms with Crippen LogP contribution in [-0.2, 0) is 6.54 Å². The smallest absolute Gasteiger partial charge is 0.0672 e. The first-order valence-electron chi connectivity index (χ1n) is 6.17. The third kappa shape index (κ3) is 3.21. The van der Waals surface area contributed by atoms with Crippen molar-refractivity contribution in [1.29, 1.82) is 5.26 Å². The van der Waals surface area contributed by atoms with Crippen molar-refractivity contribution in [3.05, 3.63) is 34.9 Å². The second-order valence-electron chi connectivity index (χ2n) is 4.60. The van der Waals surface area contributed by atoms with Crippen molar-refractivity contribution in [2.24, 2.45) is 5.92 Å². The minimum absolute atomic E-state index is 0.159. The van der Waals surface area contributed by atoms with Crippen LogP contribution in [0.2, 0.25) is 5.02 Å². The molecule has 1 aliphatic carbocycles. The van der Waals surface area contributed by atoms with Gasteiger partial charge in [-0.15, -0.1) is 0 Å². The number of benzene rings is 1. The number of nitrogens with one attached hydrogen (secondary N) is 1. The predicted molar refractivity (Wildman–Crippen MR) is 69.7 cm³/mol. The molecule has 1 aliphatic rings. The van der Waals surface area contributed by atoms with Crippen molar-refractivity contribution in [3.63, 3.8) is 0 Å². The lowest BCUT2D eigenvalue weighted by molar-refractivity contribution is 0.311. The topological polar surface area (TPSA) is 35.8 Å². The molecule has 0 aromatic heterocycles. The van der Waals surface area contributed by atoms with Crippen LogP contribution in [0.5, 0.6) is 0 Å². The highest BCUT2D eigenvalue weighted by Gasteiger charge is 2.24. The summed E-state index contributed by atoms with van der Waals surface area (Å²) in [5, 5.41) is 13.4. The van der Waals surface area contributed by atoms with Crippen molar-refractivity contribution in [3.8, 4) is 6.07 Å². The lowest BCUT2D eigenvalue weighted by Crippen LogP contribution is -2.37. The van der Waals surface area contributed by atoms with Crippen molar-refractivity contribution >= 4 is 11.6 Å². The molecule has 2 rings (SSSR count). The molecule has 1 fully saturated rings. The average molecular weight is 249 g/mol. The molecule has 1 aromatic rings. The molecule has 90 valence electrons. The first-order chi connectivity index (χ1) is 8.31. The molecule has 0 saturated heterocycles. The number of hydrogen-bond acceptors (Lipinski definition) is 2. The van der Waals surface area contributed by atoms with Gasteiger partial charge in [0, 0.05) is 17.6 Å². The van der Waals surface area contributed by atoms with E-state index in [0.717, 1.165) is 30.0 Å². The molecule has 0 spiro atoms. The molecule has 0 bridgehead atoms. The normalized spacial score (nSPS) is 24.2. The lowest BCUT2D eigenvalue weighted by atomic mass is 9.85. The van der Waals surface area contributed by atoms with Gasteiger partial charge in [-0.1, -0.05) is 42.6 Å². The van der Waals surface area contributed by atoms with E-state index in [1.165, 1.54) is 12.8 Å². The molecule has 0 aliphatic heterocycles. The fourth-order valence-corrected chi connectivity index (χ4v) is 2.62. The van der Waals surface area contributed by atoms with Gasteiger partial charge in [0.25, 0.3) is 0 Å².